The normalized spacial score (nSPS) is 29.4. The second kappa shape index (κ2) is 7.99. The predicted molar refractivity (Wildman–Crippen MR) is 120 cm³/mol. The summed E-state index contributed by atoms with van der Waals surface area (Å²) in [5.74, 6) is 3.52. The van der Waals surface area contributed by atoms with Gasteiger partial charge in [0.05, 0.1) is 0 Å². The van der Waals surface area contributed by atoms with Crippen molar-refractivity contribution in [2.24, 2.45) is 11.8 Å². The molecule has 0 bridgehead atoms. The number of rotatable bonds is 2. The first-order valence-electron chi connectivity index (χ1n) is 11.9. The molecule has 4 nitrogen and oxygen atoms in total. The van der Waals surface area contributed by atoms with E-state index in [1.165, 1.54) is 63.0 Å². The first kappa shape index (κ1) is 18.9. The average Bonchev–Trinajstić information content (AvgIpc) is 3.15. The molecule has 2 aromatic carbocycles. The fourth-order valence-corrected chi connectivity index (χ4v) is 6.31. The van der Waals surface area contributed by atoms with E-state index in [9.17, 15) is 0 Å². The molecular formula is C26H33N3O. The number of nitrogens with zero attached hydrogens (tertiary/aromatic N) is 2. The standard InChI is InChI=1S/C26H33N3O/c1-2-4-20-8-11-28(10-7-19(20)3-1)29-17-24-14-22(15-25(24)18-29)21-5-6-26-23(13-21)16-27-9-12-30-26/h1-6,13,22,24-25,27H,7-12,14-18H2. The Morgan fingerprint density at radius 2 is 1.57 bits per heavy atom. The maximum absolute atomic E-state index is 5.88. The predicted octanol–water partition coefficient (Wildman–Crippen LogP) is 3.61. The van der Waals surface area contributed by atoms with Crippen molar-refractivity contribution in [2.75, 3.05) is 39.3 Å². The molecule has 30 heavy (non-hydrogen) atoms. The minimum atomic E-state index is 0.726. The third kappa shape index (κ3) is 3.55. The minimum absolute atomic E-state index is 0.726. The van der Waals surface area contributed by atoms with Crippen LogP contribution in [0.25, 0.3) is 0 Å². The molecule has 2 atom stereocenters. The highest BCUT2D eigenvalue weighted by Crippen LogP contribution is 2.47. The Bertz CT molecular complexity index is 872. The lowest BCUT2D eigenvalue weighted by atomic mass is 9.94. The van der Waals surface area contributed by atoms with Crippen LogP contribution >= 0.6 is 0 Å². The quantitative estimate of drug-likeness (QED) is 0.829. The minimum Gasteiger partial charge on any atom is -0.492 e. The summed E-state index contributed by atoms with van der Waals surface area (Å²) in [6.45, 7) is 7.52. The van der Waals surface area contributed by atoms with Gasteiger partial charge in [0.15, 0.2) is 0 Å². The summed E-state index contributed by atoms with van der Waals surface area (Å²) in [7, 11) is 0. The maximum atomic E-state index is 5.88. The smallest absolute Gasteiger partial charge is 0.123 e. The van der Waals surface area contributed by atoms with Gasteiger partial charge in [-0.3, -0.25) is 0 Å². The van der Waals surface area contributed by atoms with E-state index in [4.69, 9.17) is 4.74 Å². The van der Waals surface area contributed by atoms with Crippen LogP contribution in [-0.4, -0.2) is 49.3 Å². The molecule has 158 valence electrons. The van der Waals surface area contributed by atoms with Gasteiger partial charge >= 0.3 is 0 Å². The van der Waals surface area contributed by atoms with Crippen LogP contribution in [0.15, 0.2) is 42.5 Å². The second-order valence-corrected chi connectivity index (χ2v) is 9.67. The molecule has 3 aliphatic heterocycles. The van der Waals surface area contributed by atoms with Gasteiger partial charge in [0.2, 0.25) is 0 Å². The van der Waals surface area contributed by atoms with Gasteiger partial charge in [-0.2, -0.15) is 0 Å². The zero-order valence-corrected chi connectivity index (χ0v) is 17.9. The lowest BCUT2D eigenvalue weighted by molar-refractivity contribution is -0.00694. The van der Waals surface area contributed by atoms with Crippen molar-refractivity contribution in [3.8, 4) is 5.75 Å². The number of ether oxygens (including phenoxy) is 1. The van der Waals surface area contributed by atoms with E-state index in [1.807, 2.05) is 0 Å². The third-order valence-corrected chi connectivity index (χ3v) is 7.94. The van der Waals surface area contributed by atoms with Gasteiger partial charge in [0.25, 0.3) is 0 Å². The molecule has 1 aliphatic carbocycles. The Kier molecular flexibility index (Phi) is 5.02. The van der Waals surface area contributed by atoms with Crippen molar-refractivity contribution in [3.63, 3.8) is 0 Å². The first-order chi connectivity index (χ1) is 14.8. The Hall–Kier alpha value is -1.88. The Morgan fingerprint density at radius 1 is 0.833 bits per heavy atom. The fraction of sp³-hybridized carbons (Fsp3) is 0.538. The van der Waals surface area contributed by atoms with E-state index >= 15 is 0 Å². The summed E-state index contributed by atoms with van der Waals surface area (Å²) in [4.78, 5) is 0. The molecular weight excluding hydrogens is 370 g/mol. The number of fused-ring (bicyclic) bond motifs is 3. The first-order valence-corrected chi connectivity index (χ1v) is 11.9. The van der Waals surface area contributed by atoms with E-state index in [2.05, 4.69) is 57.8 Å². The molecule has 0 spiro atoms. The molecule has 4 aliphatic rings. The molecule has 3 heterocycles. The molecule has 2 unspecified atom stereocenters. The SMILES string of the molecule is c1ccc2c(c1)CCN(N1CC3CC(c4ccc5c(c4)CNCCO5)CC3C1)CC2. The highest BCUT2D eigenvalue weighted by atomic mass is 16.5. The molecule has 0 amide bonds. The van der Waals surface area contributed by atoms with Gasteiger partial charge in [-0.05, 0) is 66.2 Å². The topological polar surface area (TPSA) is 27.7 Å². The maximum Gasteiger partial charge on any atom is 0.123 e. The molecule has 6 rings (SSSR count). The van der Waals surface area contributed by atoms with Crippen molar-refractivity contribution < 1.29 is 4.74 Å². The Morgan fingerprint density at radius 3 is 2.30 bits per heavy atom. The molecule has 2 aromatic rings. The zero-order chi connectivity index (χ0) is 19.9. The van der Waals surface area contributed by atoms with Crippen LogP contribution in [0.5, 0.6) is 5.75 Å². The van der Waals surface area contributed by atoms with E-state index in [0.29, 0.717) is 0 Å². The lowest BCUT2D eigenvalue weighted by Gasteiger charge is -2.32. The van der Waals surface area contributed by atoms with Crippen molar-refractivity contribution in [1.82, 2.24) is 15.3 Å². The summed E-state index contributed by atoms with van der Waals surface area (Å²) in [5, 5.41) is 8.84. The lowest BCUT2D eigenvalue weighted by Crippen LogP contribution is -2.43. The van der Waals surface area contributed by atoms with E-state index < -0.39 is 0 Å². The molecule has 1 saturated heterocycles. The molecule has 1 saturated carbocycles. The number of hydrazine groups is 1. The van der Waals surface area contributed by atoms with Crippen molar-refractivity contribution >= 4 is 0 Å². The molecule has 4 heteroatoms. The molecule has 0 radical (unpaired) electrons. The Labute approximate surface area is 180 Å². The average molecular weight is 404 g/mol. The van der Waals surface area contributed by atoms with Gasteiger partial charge in [-0.1, -0.05) is 36.4 Å². The van der Waals surface area contributed by atoms with Gasteiger partial charge in [-0.15, -0.1) is 0 Å². The van der Waals surface area contributed by atoms with Gasteiger partial charge in [0.1, 0.15) is 12.4 Å². The van der Waals surface area contributed by atoms with Crippen molar-refractivity contribution in [2.45, 2.75) is 38.1 Å². The van der Waals surface area contributed by atoms with Crippen LogP contribution in [0.2, 0.25) is 0 Å². The van der Waals surface area contributed by atoms with Crippen LogP contribution in [0.4, 0.5) is 0 Å². The van der Waals surface area contributed by atoms with Gasteiger partial charge in [-0.25, -0.2) is 10.0 Å². The van der Waals surface area contributed by atoms with Crippen molar-refractivity contribution in [1.29, 1.82) is 0 Å². The number of hydrogen-bond acceptors (Lipinski definition) is 4. The van der Waals surface area contributed by atoms with Gasteiger partial charge < -0.3 is 10.1 Å². The van der Waals surface area contributed by atoms with Crippen LogP contribution < -0.4 is 10.1 Å². The summed E-state index contributed by atoms with van der Waals surface area (Å²) in [6.07, 6.45) is 5.08. The summed E-state index contributed by atoms with van der Waals surface area (Å²) in [6, 6.07) is 16.0. The van der Waals surface area contributed by atoms with Crippen LogP contribution in [0.1, 0.15) is 41.0 Å². The summed E-state index contributed by atoms with van der Waals surface area (Å²) in [5.41, 5.74) is 5.99. The summed E-state index contributed by atoms with van der Waals surface area (Å²) >= 11 is 0. The highest BCUT2D eigenvalue weighted by Gasteiger charge is 2.43. The van der Waals surface area contributed by atoms with Gasteiger partial charge in [0, 0.05) is 44.8 Å². The highest BCUT2D eigenvalue weighted by molar-refractivity contribution is 5.39. The van der Waals surface area contributed by atoms with E-state index in [0.717, 1.165) is 43.2 Å². The van der Waals surface area contributed by atoms with Crippen molar-refractivity contribution in [3.05, 3.63) is 64.7 Å². The van der Waals surface area contributed by atoms with E-state index in [-0.39, 0.29) is 0 Å². The fourth-order valence-electron chi connectivity index (χ4n) is 6.31. The second-order valence-electron chi connectivity index (χ2n) is 9.67. The Balaban J connectivity index is 1.09. The van der Waals surface area contributed by atoms with Crippen LogP contribution in [0, 0.1) is 11.8 Å². The number of nitrogens with one attached hydrogen (secondary N) is 1. The number of hydrogen-bond donors (Lipinski definition) is 1. The van der Waals surface area contributed by atoms with Crippen LogP contribution in [0.3, 0.4) is 0 Å². The third-order valence-electron chi connectivity index (χ3n) is 7.94. The molecule has 0 aromatic heterocycles. The summed E-state index contributed by atoms with van der Waals surface area (Å²) < 4.78 is 5.88. The largest absolute Gasteiger partial charge is 0.492 e. The zero-order valence-electron chi connectivity index (χ0n) is 17.9. The molecule has 1 N–H and O–H groups in total. The van der Waals surface area contributed by atoms with Crippen LogP contribution in [-0.2, 0) is 19.4 Å². The number of benzene rings is 2. The molecule has 2 fully saturated rings. The van der Waals surface area contributed by atoms with E-state index in [1.54, 1.807) is 11.1 Å². The monoisotopic (exact) mass is 403 g/mol.